The molecule has 21 heavy (non-hydrogen) atoms. The zero-order valence-corrected chi connectivity index (χ0v) is 10.6. The van der Waals surface area contributed by atoms with E-state index in [1.807, 2.05) is 0 Å². The van der Waals surface area contributed by atoms with Crippen molar-refractivity contribution in [3.05, 3.63) is 68.9 Å². The number of halogens is 2. The van der Waals surface area contributed by atoms with E-state index in [1.165, 1.54) is 24.3 Å². The predicted molar refractivity (Wildman–Crippen MR) is 74.5 cm³/mol. The van der Waals surface area contributed by atoms with Crippen molar-refractivity contribution >= 4 is 16.6 Å². The number of nitrogens with two attached hydrogens (primary N) is 1. The molecule has 0 amide bonds. The molecule has 0 atom stereocenters. The minimum absolute atomic E-state index is 0.0596. The van der Waals surface area contributed by atoms with Crippen molar-refractivity contribution in [3.63, 3.8) is 0 Å². The number of nitrogens with zero attached hydrogens (tertiary/aromatic N) is 1. The molecule has 0 saturated heterocycles. The molecule has 5 nitrogen and oxygen atoms in total. The molecule has 0 aliphatic heterocycles. The Morgan fingerprint density at radius 1 is 1.00 bits per heavy atom. The average Bonchev–Trinajstić information content (AvgIpc) is 2.43. The molecule has 1 heterocycles. The molecule has 0 fully saturated rings. The standard InChI is InChI=1S/C14H9F2N3O2/c15-10-5-9-12(6-11(10)16)18-14(21)19(13(9)20)8-3-1-7(17)2-4-8/h1-6H,17H2,(H,18,21). The monoisotopic (exact) mass is 289 g/mol. The SMILES string of the molecule is Nc1ccc(-n2c(=O)[nH]c3cc(F)c(F)cc3c2=O)cc1. The summed E-state index contributed by atoms with van der Waals surface area (Å²) in [7, 11) is 0. The summed E-state index contributed by atoms with van der Waals surface area (Å²) >= 11 is 0. The molecule has 3 aromatic rings. The average molecular weight is 289 g/mol. The zero-order valence-electron chi connectivity index (χ0n) is 10.6. The fourth-order valence-electron chi connectivity index (χ4n) is 2.07. The van der Waals surface area contributed by atoms with Crippen LogP contribution in [0, 0.1) is 11.6 Å². The van der Waals surface area contributed by atoms with Gasteiger partial charge in [-0.15, -0.1) is 0 Å². The Kier molecular flexibility index (Phi) is 2.83. The Labute approximate surface area is 116 Å². The van der Waals surface area contributed by atoms with Crippen molar-refractivity contribution in [1.29, 1.82) is 0 Å². The van der Waals surface area contributed by atoms with Gasteiger partial charge in [0, 0.05) is 11.8 Å². The first kappa shape index (κ1) is 13.0. The molecule has 0 aliphatic rings. The molecule has 0 saturated carbocycles. The molecule has 3 N–H and O–H groups in total. The highest BCUT2D eigenvalue weighted by atomic mass is 19.2. The number of fused-ring (bicyclic) bond motifs is 1. The number of hydrogen-bond acceptors (Lipinski definition) is 3. The van der Waals surface area contributed by atoms with E-state index >= 15 is 0 Å². The van der Waals surface area contributed by atoms with Crippen LogP contribution in [0.4, 0.5) is 14.5 Å². The lowest BCUT2D eigenvalue weighted by Crippen LogP contribution is -2.33. The van der Waals surface area contributed by atoms with Crippen molar-refractivity contribution in [3.8, 4) is 5.69 Å². The van der Waals surface area contributed by atoms with Gasteiger partial charge in [0.1, 0.15) is 0 Å². The van der Waals surface area contributed by atoms with Gasteiger partial charge in [-0.3, -0.25) is 4.79 Å². The number of aromatic amines is 1. The van der Waals surface area contributed by atoms with E-state index in [0.717, 1.165) is 16.7 Å². The molecule has 1 aromatic heterocycles. The molecule has 2 aromatic carbocycles. The summed E-state index contributed by atoms with van der Waals surface area (Å²) in [6, 6.07) is 7.56. The quantitative estimate of drug-likeness (QED) is 0.667. The van der Waals surface area contributed by atoms with Crippen LogP contribution in [-0.4, -0.2) is 9.55 Å². The van der Waals surface area contributed by atoms with Gasteiger partial charge >= 0.3 is 5.69 Å². The number of rotatable bonds is 1. The second kappa shape index (κ2) is 4.55. The van der Waals surface area contributed by atoms with Crippen molar-refractivity contribution in [2.45, 2.75) is 0 Å². The second-order valence-electron chi connectivity index (χ2n) is 4.47. The van der Waals surface area contributed by atoms with Crippen LogP contribution in [0.3, 0.4) is 0 Å². The number of H-pyrrole nitrogens is 1. The molecule has 0 unspecified atom stereocenters. The highest BCUT2D eigenvalue weighted by Crippen LogP contribution is 2.13. The summed E-state index contributed by atoms with van der Waals surface area (Å²) in [6.45, 7) is 0. The van der Waals surface area contributed by atoms with Crippen LogP contribution in [-0.2, 0) is 0 Å². The number of nitrogens with one attached hydrogen (secondary N) is 1. The lowest BCUT2D eigenvalue weighted by Gasteiger charge is -2.07. The molecule has 0 spiro atoms. The summed E-state index contributed by atoms with van der Waals surface area (Å²) < 4.78 is 27.3. The van der Waals surface area contributed by atoms with Gasteiger partial charge in [0.2, 0.25) is 0 Å². The van der Waals surface area contributed by atoms with Crippen LogP contribution < -0.4 is 17.0 Å². The molecular formula is C14H9F2N3O2. The van der Waals surface area contributed by atoms with Crippen LogP contribution in [0.2, 0.25) is 0 Å². The van der Waals surface area contributed by atoms with E-state index in [9.17, 15) is 18.4 Å². The van der Waals surface area contributed by atoms with Gasteiger partial charge in [-0.05, 0) is 30.3 Å². The minimum Gasteiger partial charge on any atom is -0.399 e. The number of hydrogen-bond donors (Lipinski definition) is 2. The van der Waals surface area contributed by atoms with Gasteiger partial charge in [-0.2, -0.15) is 0 Å². The van der Waals surface area contributed by atoms with Crippen LogP contribution in [0.25, 0.3) is 16.6 Å². The van der Waals surface area contributed by atoms with E-state index in [-0.39, 0.29) is 16.6 Å². The minimum atomic E-state index is -1.16. The summed E-state index contributed by atoms with van der Waals surface area (Å²) in [5.41, 5.74) is 4.75. The maximum Gasteiger partial charge on any atom is 0.333 e. The van der Waals surface area contributed by atoms with Crippen LogP contribution >= 0.6 is 0 Å². The first-order chi connectivity index (χ1) is 9.97. The van der Waals surface area contributed by atoms with Gasteiger partial charge in [0.15, 0.2) is 11.6 Å². The third-order valence-corrected chi connectivity index (χ3v) is 3.09. The van der Waals surface area contributed by atoms with Crippen LogP contribution in [0.1, 0.15) is 0 Å². The summed E-state index contributed by atoms with van der Waals surface area (Å²) in [5, 5.41) is -0.120. The summed E-state index contributed by atoms with van der Waals surface area (Å²) in [5.74, 6) is -2.29. The largest absolute Gasteiger partial charge is 0.399 e. The number of nitrogen functional groups attached to an aromatic ring is 1. The summed E-state index contributed by atoms with van der Waals surface area (Å²) in [4.78, 5) is 26.7. The first-order valence-corrected chi connectivity index (χ1v) is 5.97. The van der Waals surface area contributed by atoms with E-state index in [2.05, 4.69) is 4.98 Å². The fourth-order valence-corrected chi connectivity index (χ4v) is 2.07. The third-order valence-electron chi connectivity index (χ3n) is 3.09. The Bertz CT molecular complexity index is 959. The number of anilines is 1. The fraction of sp³-hybridized carbons (Fsp3) is 0. The lowest BCUT2D eigenvalue weighted by molar-refractivity contribution is 0.510. The number of aromatic nitrogens is 2. The zero-order chi connectivity index (χ0) is 15.1. The van der Waals surface area contributed by atoms with Crippen molar-refractivity contribution in [1.82, 2.24) is 9.55 Å². The lowest BCUT2D eigenvalue weighted by atomic mass is 10.2. The van der Waals surface area contributed by atoms with Gasteiger partial charge in [-0.25, -0.2) is 18.1 Å². The smallest absolute Gasteiger partial charge is 0.333 e. The molecule has 7 heteroatoms. The number of benzene rings is 2. The highest BCUT2D eigenvalue weighted by molar-refractivity contribution is 5.77. The molecule has 0 aliphatic carbocycles. The van der Waals surface area contributed by atoms with Gasteiger partial charge in [-0.1, -0.05) is 0 Å². The molecule has 0 bridgehead atoms. The Morgan fingerprint density at radius 3 is 2.29 bits per heavy atom. The molecule has 106 valence electrons. The maximum atomic E-state index is 13.3. The van der Waals surface area contributed by atoms with E-state index in [1.54, 1.807) is 0 Å². The van der Waals surface area contributed by atoms with Gasteiger partial charge < -0.3 is 10.7 Å². The maximum absolute atomic E-state index is 13.3. The predicted octanol–water partition coefficient (Wildman–Crippen LogP) is 1.54. The van der Waals surface area contributed by atoms with Crippen molar-refractivity contribution < 1.29 is 8.78 Å². The van der Waals surface area contributed by atoms with E-state index in [0.29, 0.717) is 5.69 Å². The van der Waals surface area contributed by atoms with Crippen LogP contribution in [0.15, 0.2) is 46.0 Å². The van der Waals surface area contributed by atoms with Gasteiger partial charge in [0.05, 0.1) is 16.6 Å². The van der Waals surface area contributed by atoms with E-state index < -0.39 is 22.9 Å². The van der Waals surface area contributed by atoms with Crippen LogP contribution in [0.5, 0.6) is 0 Å². The Hall–Kier alpha value is -2.96. The molecular weight excluding hydrogens is 280 g/mol. The van der Waals surface area contributed by atoms with Crippen molar-refractivity contribution in [2.24, 2.45) is 0 Å². The van der Waals surface area contributed by atoms with Gasteiger partial charge in [0.25, 0.3) is 5.56 Å². The van der Waals surface area contributed by atoms with E-state index in [4.69, 9.17) is 5.73 Å². The highest BCUT2D eigenvalue weighted by Gasteiger charge is 2.12. The second-order valence-corrected chi connectivity index (χ2v) is 4.47. The van der Waals surface area contributed by atoms with Crippen molar-refractivity contribution in [2.75, 3.05) is 5.73 Å². The first-order valence-electron chi connectivity index (χ1n) is 5.97. The Balaban J connectivity index is 2.39. The normalized spacial score (nSPS) is 11.0. The topological polar surface area (TPSA) is 80.9 Å². The Morgan fingerprint density at radius 2 is 1.62 bits per heavy atom. The molecule has 0 radical (unpaired) electrons. The third kappa shape index (κ3) is 2.08. The summed E-state index contributed by atoms with van der Waals surface area (Å²) in [6.07, 6.45) is 0. The molecule has 3 rings (SSSR count).